The molecule has 0 atom stereocenters. The lowest BCUT2D eigenvalue weighted by Gasteiger charge is -2.31. The Kier molecular flexibility index (Phi) is 3.79. The van der Waals surface area contributed by atoms with Gasteiger partial charge in [0.05, 0.1) is 5.69 Å². The van der Waals surface area contributed by atoms with Crippen molar-refractivity contribution in [2.24, 2.45) is 0 Å². The van der Waals surface area contributed by atoms with E-state index in [4.69, 9.17) is 0 Å². The third-order valence-corrected chi connectivity index (χ3v) is 4.64. The van der Waals surface area contributed by atoms with Crippen LogP contribution >= 0.6 is 0 Å². The molecular formula is C17H18N6O2. The van der Waals surface area contributed by atoms with E-state index in [9.17, 15) is 9.59 Å². The molecule has 1 aliphatic heterocycles. The lowest BCUT2D eigenvalue weighted by molar-refractivity contribution is 0.0712. The van der Waals surface area contributed by atoms with Crippen LogP contribution in [0.5, 0.6) is 0 Å². The predicted octanol–water partition coefficient (Wildman–Crippen LogP) is 1.37. The molecule has 0 spiro atoms. The van der Waals surface area contributed by atoms with Crippen LogP contribution in [0.4, 0.5) is 0 Å². The third kappa shape index (κ3) is 3.02. The fraction of sp³-hybridized carbons (Fsp3) is 0.353. The summed E-state index contributed by atoms with van der Waals surface area (Å²) in [5.41, 5.74) is 2.74. The SMILES string of the molecule is Cc1nc(C2CCN(C(=O)c3ccc4n[nH]nc4c3)CC2)cc(=O)[nH]1. The molecule has 1 aliphatic rings. The van der Waals surface area contributed by atoms with Crippen molar-refractivity contribution in [3.8, 4) is 0 Å². The van der Waals surface area contributed by atoms with Crippen molar-refractivity contribution in [1.82, 2.24) is 30.3 Å². The van der Waals surface area contributed by atoms with E-state index < -0.39 is 0 Å². The monoisotopic (exact) mass is 338 g/mol. The average Bonchev–Trinajstić information content (AvgIpc) is 3.08. The predicted molar refractivity (Wildman–Crippen MR) is 91.4 cm³/mol. The highest BCUT2D eigenvalue weighted by atomic mass is 16.2. The number of hydrogen-bond donors (Lipinski definition) is 2. The van der Waals surface area contributed by atoms with Crippen molar-refractivity contribution in [3.63, 3.8) is 0 Å². The molecule has 0 unspecified atom stereocenters. The minimum Gasteiger partial charge on any atom is -0.339 e. The van der Waals surface area contributed by atoms with Gasteiger partial charge in [0, 0.05) is 30.6 Å². The molecule has 3 aromatic rings. The van der Waals surface area contributed by atoms with Gasteiger partial charge in [0.1, 0.15) is 16.9 Å². The molecule has 25 heavy (non-hydrogen) atoms. The number of carbonyl (C=O) groups excluding carboxylic acids is 1. The van der Waals surface area contributed by atoms with E-state index in [2.05, 4.69) is 25.4 Å². The zero-order valence-corrected chi connectivity index (χ0v) is 13.8. The second kappa shape index (κ2) is 6.12. The quantitative estimate of drug-likeness (QED) is 0.734. The fourth-order valence-corrected chi connectivity index (χ4v) is 3.35. The highest BCUT2D eigenvalue weighted by Gasteiger charge is 2.26. The molecule has 8 nitrogen and oxygen atoms in total. The maximum absolute atomic E-state index is 12.7. The Morgan fingerprint density at radius 2 is 1.92 bits per heavy atom. The van der Waals surface area contributed by atoms with Gasteiger partial charge >= 0.3 is 0 Å². The van der Waals surface area contributed by atoms with E-state index >= 15 is 0 Å². The molecule has 4 rings (SSSR count). The van der Waals surface area contributed by atoms with E-state index in [0.717, 1.165) is 24.1 Å². The summed E-state index contributed by atoms with van der Waals surface area (Å²) in [5.74, 6) is 0.836. The highest BCUT2D eigenvalue weighted by molar-refractivity contribution is 5.97. The van der Waals surface area contributed by atoms with Crippen molar-refractivity contribution >= 4 is 16.9 Å². The van der Waals surface area contributed by atoms with Gasteiger partial charge in [0.25, 0.3) is 11.5 Å². The second-order valence-electron chi connectivity index (χ2n) is 6.35. The molecule has 8 heteroatoms. The van der Waals surface area contributed by atoms with Crippen molar-refractivity contribution in [2.45, 2.75) is 25.7 Å². The average molecular weight is 338 g/mol. The summed E-state index contributed by atoms with van der Waals surface area (Å²) in [4.78, 5) is 33.3. The van der Waals surface area contributed by atoms with Crippen LogP contribution in [0, 0.1) is 6.92 Å². The van der Waals surface area contributed by atoms with Gasteiger partial charge in [-0.1, -0.05) is 0 Å². The summed E-state index contributed by atoms with van der Waals surface area (Å²) in [6.07, 6.45) is 1.60. The Morgan fingerprint density at radius 3 is 2.68 bits per heavy atom. The minimum atomic E-state index is -0.123. The number of rotatable bonds is 2. The van der Waals surface area contributed by atoms with Crippen molar-refractivity contribution in [1.29, 1.82) is 0 Å². The van der Waals surface area contributed by atoms with Crippen molar-refractivity contribution in [3.05, 3.63) is 51.7 Å². The van der Waals surface area contributed by atoms with Gasteiger partial charge in [0.2, 0.25) is 0 Å². The standard InChI is InChI=1S/C17H18N6O2/c1-10-18-14(9-16(24)19-10)11-4-6-23(7-5-11)17(25)12-2-3-13-15(8-12)21-22-20-13/h2-3,8-9,11H,4-7H2,1H3,(H,18,19,24)(H,20,21,22). The number of benzene rings is 1. The summed E-state index contributed by atoms with van der Waals surface area (Å²) < 4.78 is 0. The molecular weight excluding hydrogens is 320 g/mol. The van der Waals surface area contributed by atoms with E-state index in [1.54, 1.807) is 31.2 Å². The first-order chi connectivity index (χ1) is 12.1. The lowest BCUT2D eigenvalue weighted by Crippen LogP contribution is -2.38. The zero-order valence-electron chi connectivity index (χ0n) is 13.8. The molecule has 0 aliphatic carbocycles. The number of likely N-dealkylation sites (tertiary alicyclic amines) is 1. The molecule has 1 aromatic carbocycles. The minimum absolute atomic E-state index is 0.00148. The topological polar surface area (TPSA) is 108 Å². The molecule has 0 bridgehead atoms. The third-order valence-electron chi connectivity index (χ3n) is 4.64. The Bertz CT molecular complexity index is 984. The first kappa shape index (κ1) is 15.5. The Hall–Kier alpha value is -3.03. The van der Waals surface area contributed by atoms with Crippen LogP contribution in [0.3, 0.4) is 0 Å². The Balaban J connectivity index is 1.47. The van der Waals surface area contributed by atoms with Gasteiger partial charge < -0.3 is 9.88 Å². The summed E-state index contributed by atoms with van der Waals surface area (Å²) >= 11 is 0. The van der Waals surface area contributed by atoms with Crippen LogP contribution in [0.2, 0.25) is 0 Å². The number of aromatic nitrogens is 5. The van der Waals surface area contributed by atoms with Crippen LogP contribution < -0.4 is 5.56 Å². The second-order valence-corrected chi connectivity index (χ2v) is 6.35. The van der Waals surface area contributed by atoms with Crippen LogP contribution in [0.15, 0.2) is 29.1 Å². The smallest absolute Gasteiger partial charge is 0.253 e. The number of nitrogens with one attached hydrogen (secondary N) is 2. The number of piperidine rings is 1. The first-order valence-electron chi connectivity index (χ1n) is 8.28. The summed E-state index contributed by atoms with van der Waals surface area (Å²) in [5, 5.41) is 10.6. The van der Waals surface area contributed by atoms with Gasteiger partial charge in [-0.25, -0.2) is 4.98 Å². The van der Waals surface area contributed by atoms with Crippen molar-refractivity contribution in [2.75, 3.05) is 13.1 Å². The largest absolute Gasteiger partial charge is 0.339 e. The maximum Gasteiger partial charge on any atom is 0.253 e. The molecule has 1 saturated heterocycles. The number of carbonyl (C=O) groups is 1. The fourth-order valence-electron chi connectivity index (χ4n) is 3.35. The van der Waals surface area contributed by atoms with Crippen LogP contribution in [0.1, 0.15) is 40.6 Å². The van der Waals surface area contributed by atoms with Gasteiger partial charge in [-0.2, -0.15) is 15.4 Å². The molecule has 1 amide bonds. The maximum atomic E-state index is 12.7. The van der Waals surface area contributed by atoms with Crippen LogP contribution in [0.25, 0.3) is 11.0 Å². The van der Waals surface area contributed by atoms with Gasteiger partial charge in [-0.15, -0.1) is 0 Å². The number of amides is 1. The number of hydrogen-bond acceptors (Lipinski definition) is 5. The lowest BCUT2D eigenvalue weighted by atomic mass is 9.93. The molecule has 2 N–H and O–H groups in total. The van der Waals surface area contributed by atoms with E-state index in [0.29, 0.717) is 30.0 Å². The molecule has 1 fully saturated rings. The number of nitrogens with zero attached hydrogens (tertiary/aromatic N) is 4. The van der Waals surface area contributed by atoms with E-state index in [1.165, 1.54) is 0 Å². The van der Waals surface area contributed by atoms with Gasteiger partial charge in [-0.05, 0) is 38.0 Å². The van der Waals surface area contributed by atoms with Crippen LogP contribution in [-0.2, 0) is 0 Å². The first-order valence-corrected chi connectivity index (χ1v) is 8.28. The van der Waals surface area contributed by atoms with Gasteiger partial charge in [-0.3, -0.25) is 9.59 Å². The Morgan fingerprint density at radius 1 is 1.16 bits per heavy atom. The summed E-state index contributed by atoms with van der Waals surface area (Å²) in [6, 6.07) is 6.89. The molecule has 3 heterocycles. The molecule has 0 radical (unpaired) electrons. The highest BCUT2D eigenvalue weighted by Crippen LogP contribution is 2.27. The molecule has 0 saturated carbocycles. The van der Waals surface area contributed by atoms with Crippen LogP contribution in [-0.4, -0.2) is 49.3 Å². The molecule has 2 aromatic heterocycles. The number of fused-ring (bicyclic) bond motifs is 1. The zero-order chi connectivity index (χ0) is 17.4. The normalized spacial score (nSPS) is 15.6. The number of aromatic amines is 2. The van der Waals surface area contributed by atoms with Crippen molar-refractivity contribution < 1.29 is 4.79 Å². The number of aryl methyl sites for hydroxylation is 1. The summed E-state index contributed by atoms with van der Waals surface area (Å²) in [6.45, 7) is 3.07. The molecule has 128 valence electrons. The van der Waals surface area contributed by atoms with E-state index in [-0.39, 0.29) is 17.4 Å². The Labute approximate surface area is 143 Å². The number of H-pyrrole nitrogens is 2. The van der Waals surface area contributed by atoms with Gasteiger partial charge in [0.15, 0.2) is 0 Å². The van der Waals surface area contributed by atoms with E-state index in [1.807, 2.05) is 4.90 Å². The summed E-state index contributed by atoms with van der Waals surface area (Å²) in [7, 11) is 0.